The van der Waals surface area contributed by atoms with Crippen LogP contribution in [0.5, 0.6) is 0 Å². The van der Waals surface area contributed by atoms with E-state index in [0.29, 0.717) is 0 Å². The molecule has 0 rings (SSSR count). The molecular weight excluding hydrogens is 232 g/mol. The second-order valence-electron chi connectivity index (χ2n) is 3.16. The lowest BCUT2D eigenvalue weighted by Crippen LogP contribution is -2.31. The third-order valence-corrected chi connectivity index (χ3v) is 1.71. The zero-order valence-corrected chi connectivity index (χ0v) is 9.85. The van der Waals surface area contributed by atoms with Crippen LogP contribution in [0.3, 0.4) is 0 Å². The lowest BCUT2D eigenvalue weighted by atomic mass is 10.2. The molecule has 0 aliphatic rings. The highest BCUT2D eigenvalue weighted by Gasteiger charge is 2.27. The van der Waals surface area contributed by atoms with Gasteiger partial charge in [-0.1, -0.05) is 0 Å². The molecule has 1 atom stereocenters. The summed E-state index contributed by atoms with van der Waals surface area (Å²) in [7, 11) is 2.22. The maximum Gasteiger partial charge on any atom is 0.347 e. The summed E-state index contributed by atoms with van der Waals surface area (Å²) in [5.74, 6) is -2.91. The third-order valence-electron chi connectivity index (χ3n) is 1.71. The van der Waals surface area contributed by atoms with Gasteiger partial charge in [-0.3, -0.25) is 14.4 Å². The van der Waals surface area contributed by atoms with Crippen LogP contribution in [-0.2, 0) is 33.4 Å². The van der Waals surface area contributed by atoms with Gasteiger partial charge in [0.1, 0.15) is 12.2 Å². The van der Waals surface area contributed by atoms with Gasteiger partial charge in [-0.15, -0.1) is 0 Å². The summed E-state index contributed by atoms with van der Waals surface area (Å²) in [4.78, 5) is 43.9. The monoisotopic (exact) mass is 246 g/mol. The fourth-order valence-corrected chi connectivity index (χ4v) is 0.943. The van der Waals surface area contributed by atoms with Gasteiger partial charge in [0.15, 0.2) is 0 Å². The average Bonchev–Trinajstić information content (AvgIpc) is 2.25. The lowest BCUT2D eigenvalue weighted by molar-refractivity contribution is -0.170. The predicted octanol–water partition coefficient (Wildman–Crippen LogP) is -0.387. The van der Waals surface area contributed by atoms with E-state index >= 15 is 0 Å². The molecule has 0 bridgehead atoms. The number of ether oxygens (including phenoxy) is 3. The Bertz CT molecular complexity index is 321. The van der Waals surface area contributed by atoms with Gasteiger partial charge in [0.25, 0.3) is 0 Å². The molecule has 0 fully saturated rings. The Hall–Kier alpha value is -1.92. The smallest absolute Gasteiger partial charge is 0.347 e. The van der Waals surface area contributed by atoms with Crippen LogP contribution in [0.4, 0.5) is 0 Å². The van der Waals surface area contributed by atoms with Gasteiger partial charge in [0.2, 0.25) is 6.10 Å². The van der Waals surface area contributed by atoms with Crippen LogP contribution in [-0.4, -0.2) is 44.0 Å². The molecule has 0 saturated heterocycles. The Balaban J connectivity index is 4.48. The van der Waals surface area contributed by atoms with Crippen LogP contribution in [0.2, 0.25) is 0 Å². The minimum Gasteiger partial charge on any atom is -0.469 e. The van der Waals surface area contributed by atoms with Crippen molar-refractivity contribution >= 4 is 23.7 Å². The Morgan fingerprint density at radius 2 is 1.59 bits per heavy atom. The molecule has 0 aromatic carbocycles. The first-order valence-electron chi connectivity index (χ1n) is 4.74. The van der Waals surface area contributed by atoms with Crippen LogP contribution in [0.25, 0.3) is 0 Å². The van der Waals surface area contributed by atoms with Crippen LogP contribution in [0.15, 0.2) is 0 Å². The number of hydrogen-bond acceptors (Lipinski definition) is 7. The fourth-order valence-electron chi connectivity index (χ4n) is 0.943. The highest BCUT2D eigenvalue weighted by Crippen LogP contribution is 2.05. The topological polar surface area (TPSA) is 96.0 Å². The second-order valence-corrected chi connectivity index (χ2v) is 3.16. The number of Topliss-reactive ketones (excluding diaryl/α,β-unsaturated/α-hetero) is 1. The molecule has 0 amide bonds. The van der Waals surface area contributed by atoms with Crippen molar-refractivity contribution in [2.45, 2.75) is 25.9 Å². The van der Waals surface area contributed by atoms with E-state index in [2.05, 4.69) is 14.2 Å². The van der Waals surface area contributed by atoms with Crippen molar-refractivity contribution in [3.8, 4) is 0 Å². The van der Waals surface area contributed by atoms with Crippen molar-refractivity contribution in [3.05, 3.63) is 0 Å². The highest BCUT2D eigenvalue weighted by atomic mass is 16.6. The molecular formula is C10H14O7. The molecule has 0 unspecified atom stereocenters. The number of ketones is 1. The molecule has 7 nitrogen and oxygen atoms in total. The zero-order chi connectivity index (χ0) is 13.4. The first-order valence-corrected chi connectivity index (χ1v) is 4.74. The first-order chi connectivity index (χ1) is 7.90. The molecule has 0 heterocycles. The van der Waals surface area contributed by atoms with Gasteiger partial charge in [0, 0.05) is 0 Å². The Morgan fingerprint density at radius 1 is 1.00 bits per heavy atom. The van der Waals surface area contributed by atoms with Gasteiger partial charge in [0.05, 0.1) is 20.6 Å². The molecule has 0 aliphatic heterocycles. The first kappa shape index (κ1) is 15.1. The van der Waals surface area contributed by atoms with Crippen molar-refractivity contribution in [2.24, 2.45) is 0 Å². The maximum atomic E-state index is 11.2. The molecule has 0 radical (unpaired) electrons. The Morgan fingerprint density at radius 3 is 2.00 bits per heavy atom. The molecule has 0 aromatic heterocycles. The van der Waals surface area contributed by atoms with Crippen molar-refractivity contribution < 1.29 is 33.4 Å². The quantitative estimate of drug-likeness (QED) is 0.358. The molecule has 17 heavy (non-hydrogen) atoms. The number of rotatable bonds is 6. The summed E-state index contributed by atoms with van der Waals surface area (Å²) in [5, 5.41) is 0. The molecule has 96 valence electrons. The summed E-state index contributed by atoms with van der Waals surface area (Å²) < 4.78 is 13.3. The number of esters is 3. The largest absolute Gasteiger partial charge is 0.469 e. The van der Waals surface area contributed by atoms with E-state index < -0.39 is 42.6 Å². The normalized spacial score (nSPS) is 11.2. The molecule has 0 spiro atoms. The van der Waals surface area contributed by atoms with Crippen LogP contribution in [0, 0.1) is 0 Å². The fraction of sp³-hybridized carbons (Fsp3) is 0.600. The Kier molecular flexibility index (Phi) is 6.54. The average molecular weight is 246 g/mol. The molecule has 0 aromatic rings. The van der Waals surface area contributed by atoms with Gasteiger partial charge >= 0.3 is 17.9 Å². The van der Waals surface area contributed by atoms with Crippen LogP contribution in [0.1, 0.15) is 19.8 Å². The molecule has 0 saturated carbocycles. The highest BCUT2D eigenvalue weighted by molar-refractivity contribution is 5.95. The number of hydrogen-bond donors (Lipinski definition) is 0. The van der Waals surface area contributed by atoms with Gasteiger partial charge in [-0.05, 0) is 6.92 Å². The van der Waals surface area contributed by atoms with E-state index in [1.807, 2.05) is 0 Å². The maximum absolute atomic E-state index is 11.2. The van der Waals surface area contributed by atoms with Gasteiger partial charge < -0.3 is 14.2 Å². The number of methoxy groups -OCH3 is 2. The predicted molar refractivity (Wildman–Crippen MR) is 53.8 cm³/mol. The summed E-state index contributed by atoms with van der Waals surface area (Å²) in [6.45, 7) is 1.20. The van der Waals surface area contributed by atoms with Crippen molar-refractivity contribution in [3.63, 3.8) is 0 Å². The summed E-state index contributed by atoms with van der Waals surface area (Å²) >= 11 is 0. The van der Waals surface area contributed by atoms with E-state index in [-0.39, 0.29) is 0 Å². The lowest BCUT2D eigenvalue weighted by Gasteiger charge is -2.13. The van der Waals surface area contributed by atoms with E-state index in [4.69, 9.17) is 0 Å². The second kappa shape index (κ2) is 7.37. The third kappa shape index (κ3) is 6.29. The van der Waals surface area contributed by atoms with E-state index in [1.165, 1.54) is 6.92 Å². The standard InChI is InChI=1S/C10H14O7/c1-6(11)4-9(13)17-7(10(14)16-3)5-8(12)15-2/h7H,4-5H2,1-3H3/t7-/m0/s1. The number of carbonyl (C=O) groups excluding carboxylic acids is 4. The van der Waals surface area contributed by atoms with E-state index in [0.717, 1.165) is 14.2 Å². The van der Waals surface area contributed by atoms with Gasteiger partial charge in [-0.2, -0.15) is 0 Å². The molecule has 7 heteroatoms. The minimum absolute atomic E-state index is 0.406. The summed E-state index contributed by atoms with van der Waals surface area (Å²) in [6, 6.07) is 0. The summed E-state index contributed by atoms with van der Waals surface area (Å²) in [6.07, 6.45) is -2.30. The number of carbonyl (C=O) groups is 4. The minimum atomic E-state index is -1.39. The summed E-state index contributed by atoms with van der Waals surface area (Å²) in [5.41, 5.74) is 0. The Labute approximate surface area is 98.0 Å². The molecule has 0 N–H and O–H groups in total. The SMILES string of the molecule is COC(=O)C[C@H](OC(=O)CC(C)=O)C(=O)OC. The van der Waals surface area contributed by atoms with E-state index in [9.17, 15) is 19.2 Å². The van der Waals surface area contributed by atoms with Gasteiger partial charge in [-0.25, -0.2) is 4.79 Å². The van der Waals surface area contributed by atoms with Crippen molar-refractivity contribution in [1.29, 1.82) is 0 Å². The van der Waals surface area contributed by atoms with Crippen molar-refractivity contribution in [2.75, 3.05) is 14.2 Å². The molecule has 0 aliphatic carbocycles. The van der Waals surface area contributed by atoms with E-state index in [1.54, 1.807) is 0 Å². The van der Waals surface area contributed by atoms with Crippen LogP contribution >= 0.6 is 0 Å². The zero-order valence-electron chi connectivity index (χ0n) is 9.85. The van der Waals surface area contributed by atoms with Crippen LogP contribution < -0.4 is 0 Å². The van der Waals surface area contributed by atoms with Crippen molar-refractivity contribution in [1.82, 2.24) is 0 Å².